The first-order chi connectivity index (χ1) is 13.2. The van der Waals surface area contributed by atoms with Gasteiger partial charge in [-0.05, 0) is 47.4 Å². The summed E-state index contributed by atoms with van der Waals surface area (Å²) in [6.45, 7) is 0.646. The molecule has 0 bridgehead atoms. The highest BCUT2D eigenvalue weighted by Crippen LogP contribution is 2.36. The molecule has 27 heavy (non-hydrogen) atoms. The van der Waals surface area contributed by atoms with Crippen LogP contribution < -0.4 is 18.9 Å². The third-order valence-electron chi connectivity index (χ3n) is 4.89. The van der Waals surface area contributed by atoms with E-state index in [1.54, 1.807) is 14.2 Å². The molecule has 142 valence electrons. The van der Waals surface area contributed by atoms with E-state index in [0.29, 0.717) is 24.5 Å². The molecule has 0 aromatic heterocycles. The van der Waals surface area contributed by atoms with E-state index in [1.807, 2.05) is 42.5 Å². The molecule has 1 saturated heterocycles. The van der Waals surface area contributed by atoms with Gasteiger partial charge in [-0.15, -0.1) is 0 Å². The lowest BCUT2D eigenvalue weighted by Gasteiger charge is -2.16. The Hall–Kier alpha value is -2.70. The van der Waals surface area contributed by atoms with Crippen LogP contribution in [0.25, 0.3) is 6.08 Å². The van der Waals surface area contributed by atoms with E-state index in [1.165, 1.54) is 0 Å². The molecule has 0 saturated carbocycles. The Bertz CT molecular complexity index is 860. The van der Waals surface area contributed by atoms with Crippen molar-refractivity contribution in [3.8, 4) is 23.0 Å². The second kappa shape index (κ2) is 7.50. The minimum absolute atomic E-state index is 0.131. The van der Waals surface area contributed by atoms with Gasteiger partial charge >= 0.3 is 0 Å². The number of aliphatic hydroxyl groups is 1. The Labute approximate surface area is 157 Å². The molecular formula is C21H22O6. The van der Waals surface area contributed by atoms with Crippen LogP contribution >= 0.6 is 0 Å². The zero-order valence-electron chi connectivity index (χ0n) is 15.3. The van der Waals surface area contributed by atoms with Crippen LogP contribution in [-0.2, 0) is 11.2 Å². The molecule has 2 aromatic rings. The number of hydrogen-bond acceptors (Lipinski definition) is 6. The zero-order chi connectivity index (χ0) is 18.8. The van der Waals surface area contributed by atoms with Gasteiger partial charge in [-0.25, -0.2) is 0 Å². The van der Waals surface area contributed by atoms with Crippen LogP contribution in [0.3, 0.4) is 0 Å². The number of methoxy groups -OCH3 is 2. The SMILES string of the molecule is COc1ccc(CC2C(=Cc3ccc4c(c3)OCO4)COC2O)cc1OC. The summed E-state index contributed by atoms with van der Waals surface area (Å²) >= 11 is 0. The summed E-state index contributed by atoms with van der Waals surface area (Å²) in [6.07, 6.45) is 1.85. The normalized spacial score (nSPS) is 22.3. The van der Waals surface area contributed by atoms with Crippen molar-refractivity contribution in [2.45, 2.75) is 12.7 Å². The molecule has 2 aliphatic rings. The molecule has 0 aliphatic carbocycles. The van der Waals surface area contributed by atoms with Gasteiger partial charge in [0.25, 0.3) is 0 Å². The van der Waals surface area contributed by atoms with Crippen LogP contribution in [0.4, 0.5) is 0 Å². The Morgan fingerprint density at radius 3 is 2.67 bits per heavy atom. The molecular weight excluding hydrogens is 348 g/mol. The van der Waals surface area contributed by atoms with Gasteiger partial charge in [0.1, 0.15) is 0 Å². The predicted octanol–water partition coefficient (Wildman–Crippen LogP) is 3.02. The smallest absolute Gasteiger partial charge is 0.231 e. The van der Waals surface area contributed by atoms with E-state index < -0.39 is 6.29 Å². The average Bonchev–Trinajstić information content (AvgIpc) is 3.29. The monoisotopic (exact) mass is 370 g/mol. The van der Waals surface area contributed by atoms with Crippen LogP contribution in [0.1, 0.15) is 11.1 Å². The fourth-order valence-corrected chi connectivity index (χ4v) is 3.45. The number of fused-ring (bicyclic) bond motifs is 1. The van der Waals surface area contributed by atoms with E-state index >= 15 is 0 Å². The van der Waals surface area contributed by atoms with Gasteiger partial charge in [0.15, 0.2) is 29.3 Å². The maximum Gasteiger partial charge on any atom is 0.231 e. The standard InChI is InChI=1S/C21H22O6/c1-23-17-5-3-14(9-19(17)24-2)8-16-15(11-25-21(16)22)7-13-4-6-18-20(10-13)27-12-26-18/h3-7,9-10,16,21-22H,8,11-12H2,1-2H3. The van der Waals surface area contributed by atoms with E-state index in [0.717, 1.165) is 28.2 Å². The van der Waals surface area contributed by atoms with Crippen molar-refractivity contribution in [1.29, 1.82) is 0 Å². The largest absolute Gasteiger partial charge is 0.493 e. The zero-order valence-corrected chi connectivity index (χ0v) is 15.3. The van der Waals surface area contributed by atoms with Crippen LogP contribution in [-0.4, -0.2) is 39.0 Å². The van der Waals surface area contributed by atoms with Gasteiger partial charge in [-0.2, -0.15) is 0 Å². The molecule has 2 aromatic carbocycles. The van der Waals surface area contributed by atoms with Gasteiger partial charge in [-0.1, -0.05) is 18.2 Å². The maximum absolute atomic E-state index is 10.3. The van der Waals surface area contributed by atoms with Crippen LogP contribution in [0, 0.1) is 5.92 Å². The summed E-state index contributed by atoms with van der Waals surface area (Å²) in [5.41, 5.74) is 3.07. The van der Waals surface area contributed by atoms with Crippen LogP contribution in [0.2, 0.25) is 0 Å². The molecule has 0 amide bonds. The predicted molar refractivity (Wildman–Crippen MR) is 99.2 cm³/mol. The molecule has 1 N–H and O–H groups in total. The summed E-state index contributed by atoms with van der Waals surface area (Å²) in [5, 5.41) is 10.3. The van der Waals surface area contributed by atoms with Crippen LogP contribution in [0.15, 0.2) is 42.0 Å². The number of hydrogen-bond donors (Lipinski definition) is 1. The average molecular weight is 370 g/mol. The molecule has 0 spiro atoms. The Morgan fingerprint density at radius 2 is 1.85 bits per heavy atom. The summed E-state index contributed by atoms with van der Waals surface area (Å²) in [6, 6.07) is 11.6. The summed E-state index contributed by atoms with van der Waals surface area (Å²) in [5.74, 6) is 2.71. The topological polar surface area (TPSA) is 66.4 Å². The van der Waals surface area contributed by atoms with Gasteiger partial charge in [0.05, 0.1) is 20.8 Å². The van der Waals surface area contributed by atoms with Crippen molar-refractivity contribution >= 4 is 6.08 Å². The number of rotatable bonds is 5. The van der Waals surface area contributed by atoms with Crippen molar-refractivity contribution in [2.75, 3.05) is 27.6 Å². The number of benzene rings is 2. The maximum atomic E-state index is 10.3. The molecule has 2 atom stereocenters. The highest BCUT2D eigenvalue weighted by atomic mass is 16.7. The van der Waals surface area contributed by atoms with Gasteiger partial charge in [0.2, 0.25) is 6.79 Å². The van der Waals surface area contributed by atoms with E-state index in [4.69, 9.17) is 23.7 Å². The van der Waals surface area contributed by atoms with Crippen molar-refractivity contribution in [3.63, 3.8) is 0 Å². The lowest BCUT2D eigenvalue weighted by atomic mass is 9.91. The Kier molecular flexibility index (Phi) is 4.92. The number of aliphatic hydroxyl groups excluding tert-OH is 1. The van der Waals surface area contributed by atoms with Crippen molar-refractivity contribution in [1.82, 2.24) is 0 Å². The Balaban J connectivity index is 1.57. The van der Waals surface area contributed by atoms with Crippen molar-refractivity contribution in [2.24, 2.45) is 5.92 Å². The van der Waals surface area contributed by atoms with E-state index in [-0.39, 0.29) is 12.7 Å². The first-order valence-corrected chi connectivity index (χ1v) is 8.78. The minimum atomic E-state index is -0.835. The molecule has 0 radical (unpaired) electrons. The van der Waals surface area contributed by atoms with E-state index in [2.05, 4.69) is 0 Å². The molecule has 6 heteroatoms. The molecule has 2 heterocycles. The number of ether oxygens (including phenoxy) is 5. The lowest BCUT2D eigenvalue weighted by Crippen LogP contribution is -2.18. The van der Waals surface area contributed by atoms with Gasteiger partial charge < -0.3 is 28.8 Å². The second-order valence-corrected chi connectivity index (χ2v) is 6.53. The third-order valence-corrected chi connectivity index (χ3v) is 4.89. The fourth-order valence-electron chi connectivity index (χ4n) is 3.45. The quantitative estimate of drug-likeness (QED) is 0.873. The molecule has 4 rings (SSSR count). The Morgan fingerprint density at radius 1 is 1.04 bits per heavy atom. The summed E-state index contributed by atoms with van der Waals surface area (Å²) < 4.78 is 26.9. The fraction of sp³-hybridized carbons (Fsp3) is 0.333. The highest BCUT2D eigenvalue weighted by Gasteiger charge is 2.31. The van der Waals surface area contributed by atoms with E-state index in [9.17, 15) is 5.11 Å². The highest BCUT2D eigenvalue weighted by molar-refractivity contribution is 5.59. The molecule has 6 nitrogen and oxygen atoms in total. The first-order valence-electron chi connectivity index (χ1n) is 8.78. The third kappa shape index (κ3) is 3.59. The summed E-state index contributed by atoms with van der Waals surface area (Å²) in [4.78, 5) is 0. The molecule has 2 unspecified atom stereocenters. The van der Waals surface area contributed by atoms with Gasteiger partial charge in [0, 0.05) is 5.92 Å². The van der Waals surface area contributed by atoms with Crippen molar-refractivity contribution < 1.29 is 28.8 Å². The summed E-state index contributed by atoms with van der Waals surface area (Å²) in [7, 11) is 3.22. The van der Waals surface area contributed by atoms with Gasteiger partial charge in [-0.3, -0.25) is 0 Å². The molecule has 2 aliphatic heterocycles. The van der Waals surface area contributed by atoms with Crippen LogP contribution in [0.5, 0.6) is 23.0 Å². The minimum Gasteiger partial charge on any atom is -0.493 e. The second-order valence-electron chi connectivity index (χ2n) is 6.53. The lowest BCUT2D eigenvalue weighted by molar-refractivity contribution is -0.0817. The first kappa shape index (κ1) is 17.7. The van der Waals surface area contributed by atoms with Crippen molar-refractivity contribution in [3.05, 3.63) is 53.1 Å². The molecule has 1 fully saturated rings.